The summed E-state index contributed by atoms with van der Waals surface area (Å²) in [5, 5.41) is 19.6. The first-order valence-electron chi connectivity index (χ1n) is 33.4. The maximum Gasteiger partial charge on any atom is 0.104 e. The van der Waals surface area contributed by atoms with Crippen molar-refractivity contribution in [2.24, 2.45) is 29.6 Å². The molecule has 0 aromatic rings. The Balaban J connectivity index is 2.25. The van der Waals surface area contributed by atoms with E-state index in [0.717, 1.165) is 81.7 Å². The van der Waals surface area contributed by atoms with Gasteiger partial charge in [0, 0.05) is 26.4 Å². The fraction of sp³-hybridized carbons (Fsp3) is 1.00. The SMILES string of the molecule is CC1CCCCCCCC(C)CCC(C)CCCCCCCCCCCCOC(CO)COCCCCCCCCCCCCC(C)CCC(C)CCCCCCCCCCCCOC(CO)COCCCC1. The van der Waals surface area contributed by atoms with Gasteiger partial charge in [-0.2, -0.15) is 0 Å². The van der Waals surface area contributed by atoms with Crippen LogP contribution >= 0.6 is 0 Å². The van der Waals surface area contributed by atoms with E-state index in [0.29, 0.717) is 13.2 Å². The summed E-state index contributed by atoms with van der Waals surface area (Å²) in [5.41, 5.74) is 0. The van der Waals surface area contributed by atoms with Crippen molar-refractivity contribution in [2.45, 2.75) is 349 Å². The minimum Gasteiger partial charge on any atom is -0.394 e. The van der Waals surface area contributed by atoms with Crippen LogP contribution in [0.1, 0.15) is 336 Å². The van der Waals surface area contributed by atoms with Gasteiger partial charge in [0.05, 0.1) is 26.4 Å². The predicted octanol–water partition coefficient (Wildman–Crippen LogP) is 20.3. The summed E-state index contributed by atoms with van der Waals surface area (Å²) in [6.07, 6.45) is 63.5. The van der Waals surface area contributed by atoms with E-state index in [4.69, 9.17) is 18.9 Å². The lowest BCUT2D eigenvalue weighted by atomic mass is 9.91. The number of hydrogen-bond acceptors (Lipinski definition) is 6. The smallest absolute Gasteiger partial charge is 0.104 e. The molecule has 0 spiro atoms. The van der Waals surface area contributed by atoms with Crippen molar-refractivity contribution in [2.75, 3.05) is 52.9 Å². The summed E-state index contributed by atoms with van der Waals surface area (Å²) in [4.78, 5) is 0. The maximum absolute atomic E-state index is 9.81. The van der Waals surface area contributed by atoms with E-state index in [2.05, 4.69) is 34.6 Å². The van der Waals surface area contributed by atoms with Crippen LogP contribution in [0.15, 0.2) is 0 Å². The third-order valence-electron chi connectivity index (χ3n) is 17.1. The fourth-order valence-electron chi connectivity index (χ4n) is 11.4. The maximum atomic E-state index is 9.81. The third kappa shape index (κ3) is 52.2. The Morgan fingerprint density at radius 3 is 0.658 bits per heavy atom. The average molecular weight is 1040 g/mol. The Morgan fingerprint density at radius 1 is 0.233 bits per heavy atom. The zero-order valence-corrected chi connectivity index (χ0v) is 50.5. The van der Waals surface area contributed by atoms with E-state index in [9.17, 15) is 10.2 Å². The molecule has 7 atom stereocenters. The molecule has 7 unspecified atom stereocenters. The molecule has 0 aliphatic carbocycles. The van der Waals surface area contributed by atoms with Crippen LogP contribution in [0.25, 0.3) is 0 Å². The lowest BCUT2D eigenvalue weighted by Crippen LogP contribution is -2.24. The minimum absolute atomic E-state index is 0.0558. The van der Waals surface area contributed by atoms with Crippen LogP contribution in [0, 0.1) is 29.6 Å². The first-order chi connectivity index (χ1) is 35.8. The number of ether oxygens (including phenoxy) is 4. The second kappa shape index (κ2) is 56.5. The summed E-state index contributed by atoms with van der Waals surface area (Å²) < 4.78 is 23.8. The number of hydrogen-bond donors (Lipinski definition) is 2. The Labute approximate surface area is 458 Å². The highest BCUT2D eigenvalue weighted by Gasteiger charge is 2.12. The molecule has 0 amide bonds. The van der Waals surface area contributed by atoms with Crippen molar-refractivity contribution in [1.29, 1.82) is 0 Å². The van der Waals surface area contributed by atoms with Crippen LogP contribution in [0.5, 0.6) is 0 Å². The molecule has 6 nitrogen and oxygen atoms in total. The van der Waals surface area contributed by atoms with Gasteiger partial charge < -0.3 is 29.2 Å². The Bertz CT molecular complexity index is 1040. The molecule has 0 radical (unpaired) electrons. The van der Waals surface area contributed by atoms with Crippen molar-refractivity contribution < 1.29 is 29.2 Å². The standard InChI is InChI=1S/C67H134O6/c1-61-43-33-28-24-29-37-47-65(5)52-51-64(4)46-36-27-20-13-7-10-16-22-31-40-55-72-66(57-68)59-70-53-39-30-21-15-9-6-12-18-25-34-44-62(2)49-50-63(3)45-35-26-19-14-8-11-17-23-32-41-56-73-67(58-69)60-71-54-42-38-48-61/h61-69H,6-60H2,1-5H3. The molecule has 1 saturated heterocycles. The molecule has 0 bridgehead atoms. The predicted molar refractivity (Wildman–Crippen MR) is 318 cm³/mol. The molecule has 6 heteroatoms. The topological polar surface area (TPSA) is 77.4 Å². The Hall–Kier alpha value is -0.240. The van der Waals surface area contributed by atoms with Crippen molar-refractivity contribution in [3.05, 3.63) is 0 Å². The van der Waals surface area contributed by atoms with Crippen LogP contribution in [-0.4, -0.2) is 75.3 Å². The highest BCUT2D eigenvalue weighted by Crippen LogP contribution is 2.25. The molecule has 0 saturated carbocycles. The van der Waals surface area contributed by atoms with E-state index in [1.54, 1.807) is 0 Å². The molecular weight excluding hydrogens is 901 g/mol. The monoisotopic (exact) mass is 1040 g/mol. The molecule has 1 aliphatic heterocycles. The summed E-state index contributed by atoms with van der Waals surface area (Å²) >= 11 is 0. The second-order valence-corrected chi connectivity index (χ2v) is 25.0. The molecule has 1 fully saturated rings. The fourth-order valence-corrected chi connectivity index (χ4v) is 11.4. The van der Waals surface area contributed by atoms with Crippen LogP contribution < -0.4 is 0 Å². The molecule has 438 valence electrons. The van der Waals surface area contributed by atoms with Crippen molar-refractivity contribution in [1.82, 2.24) is 0 Å². The highest BCUT2D eigenvalue weighted by molar-refractivity contribution is 4.64. The summed E-state index contributed by atoms with van der Waals surface area (Å²) in [5.74, 6) is 4.36. The van der Waals surface area contributed by atoms with Crippen LogP contribution in [-0.2, 0) is 18.9 Å². The zero-order valence-electron chi connectivity index (χ0n) is 50.5. The van der Waals surface area contributed by atoms with Crippen molar-refractivity contribution in [3.8, 4) is 0 Å². The Kier molecular flexibility index (Phi) is 54.8. The zero-order chi connectivity index (χ0) is 52.8. The first-order valence-corrected chi connectivity index (χ1v) is 33.4. The highest BCUT2D eigenvalue weighted by atomic mass is 16.5. The molecule has 73 heavy (non-hydrogen) atoms. The van der Waals surface area contributed by atoms with E-state index in [1.807, 2.05) is 0 Å². The van der Waals surface area contributed by atoms with E-state index in [1.165, 1.54) is 276 Å². The van der Waals surface area contributed by atoms with Crippen LogP contribution in [0.2, 0.25) is 0 Å². The summed E-state index contributed by atoms with van der Waals surface area (Å²) in [6, 6.07) is 0. The quantitative estimate of drug-likeness (QED) is 0.287. The molecular formula is C67H134O6. The molecule has 2 N–H and O–H groups in total. The summed E-state index contributed by atoms with van der Waals surface area (Å²) in [7, 11) is 0. The summed E-state index contributed by atoms with van der Waals surface area (Å²) in [6.45, 7) is 16.7. The van der Waals surface area contributed by atoms with E-state index < -0.39 is 0 Å². The van der Waals surface area contributed by atoms with E-state index >= 15 is 0 Å². The van der Waals surface area contributed by atoms with Gasteiger partial charge in [-0.15, -0.1) is 0 Å². The van der Waals surface area contributed by atoms with Crippen LogP contribution in [0.4, 0.5) is 0 Å². The van der Waals surface area contributed by atoms with Gasteiger partial charge in [-0.1, -0.05) is 311 Å². The van der Waals surface area contributed by atoms with Gasteiger partial charge in [0.25, 0.3) is 0 Å². The number of aliphatic hydroxyl groups excluding tert-OH is 2. The second-order valence-electron chi connectivity index (χ2n) is 25.0. The molecule has 1 aliphatic rings. The largest absolute Gasteiger partial charge is 0.394 e. The van der Waals surface area contributed by atoms with Gasteiger partial charge in [0.15, 0.2) is 0 Å². The third-order valence-corrected chi connectivity index (χ3v) is 17.1. The van der Waals surface area contributed by atoms with Gasteiger partial charge in [0.2, 0.25) is 0 Å². The number of aliphatic hydroxyl groups is 2. The molecule has 0 aromatic carbocycles. The first kappa shape index (κ1) is 70.8. The minimum atomic E-state index is -0.173. The molecule has 1 heterocycles. The van der Waals surface area contributed by atoms with Gasteiger partial charge >= 0.3 is 0 Å². The van der Waals surface area contributed by atoms with Crippen molar-refractivity contribution >= 4 is 0 Å². The number of rotatable bonds is 2. The van der Waals surface area contributed by atoms with E-state index in [-0.39, 0.29) is 25.4 Å². The van der Waals surface area contributed by atoms with Gasteiger partial charge in [-0.05, 0) is 55.3 Å². The van der Waals surface area contributed by atoms with Gasteiger partial charge in [0.1, 0.15) is 12.2 Å². The Morgan fingerprint density at radius 2 is 0.411 bits per heavy atom. The molecule has 1 rings (SSSR count). The average Bonchev–Trinajstić information content (AvgIpc) is 3.39. The normalized spacial score (nSPS) is 29.7. The molecule has 0 aromatic heterocycles. The lowest BCUT2D eigenvalue weighted by Gasteiger charge is -2.16. The lowest BCUT2D eigenvalue weighted by molar-refractivity contribution is -0.0438. The van der Waals surface area contributed by atoms with Gasteiger partial charge in [-0.25, -0.2) is 0 Å². The van der Waals surface area contributed by atoms with Crippen molar-refractivity contribution in [3.63, 3.8) is 0 Å². The van der Waals surface area contributed by atoms with Crippen LogP contribution in [0.3, 0.4) is 0 Å². The van der Waals surface area contributed by atoms with Gasteiger partial charge in [-0.3, -0.25) is 0 Å².